The van der Waals surface area contributed by atoms with Gasteiger partial charge < -0.3 is 15.4 Å². The van der Waals surface area contributed by atoms with Crippen molar-refractivity contribution in [3.05, 3.63) is 18.3 Å². The van der Waals surface area contributed by atoms with Gasteiger partial charge in [0.1, 0.15) is 5.82 Å². The molecule has 2 heterocycles. The van der Waals surface area contributed by atoms with Gasteiger partial charge in [-0.25, -0.2) is 4.98 Å². The number of morpholine rings is 1. The monoisotopic (exact) mass is 250 g/mol. The first-order valence-electron chi connectivity index (χ1n) is 6.01. The van der Waals surface area contributed by atoms with E-state index in [0.29, 0.717) is 25.6 Å². The molecule has 98 valence electrons. The first-order valence-corrected chi connectivity index (χ1v) is 6.01. The molecule has 1 saturated heterocycles. The summed E-state index contributed by atoms with van der Waals surface area (Å²) in [4.78, 5) is 18.0. The molecule has 2 rings (SSSR count). The van der Waals surface area contributed by atoms with Crippen LogP contribution in [-0.2, 0) is 9.53 Å². The highest BCUT2D eigenvalue weighted by Crippen LogP contribution is 2.08. The van der Waals surface area contributed by atoms with Crippen molar-refractivity contribution in [2.45, 2.75) is 0 Å². The van der Waals surface area contributed by atoms with Crippen molar-refractivity contribution in [1.29, 1.82) is 0 Å². The van der Waals surface area contributed by atoms with Crippen LogP contribution in [0.5, 0.6) is 0 Å². The average Bonchev–Trinajstić information content (AvgIpc) is 2.40. The van der Waals surface area contributed by atoms with Gasteiger partial charge in [-0.15, -0.1) is 0 Å². The standard InChI is InChI=1S/C12H18N4O2/c1-13-10-2-3-11(14-8-10)15-12(17)9-16-4-6-18-7-5-16/h2-3,8,13H,4-7,9H2,1H3,(H,14,15,17). The summed E-state index contributed by atoms with van der Waals surface area (Å²) in [5.74, 6) is 0.536. The molecule has 0 unspecified atom stereocenters. The predicted octanol–water partition coefficient (Wildman–Crippen LogP) is 0.394. The van der Waals surface area contributed by atoms with Crippen molar-refractivity contribution in [2.75, 3.05) is 50.5 Å². The minimum Gasteiger partial charge on any atom is -0.387 e. The molecule has 0 bridgehead atoms. The second kappa shape index (κ2) is 6.32. The van der Waals surface area contributed by atoms with E-state index < -0.39 is 0 Å². The fourth-order valence-corrected chi connectivity index (χ4v) is 1.76. The molecule has 1 aliphatic heterocycles. The van der Waals surface area contributed by atoms with E-state index in [0.717, 1.165) is 18.8 Å². The number of anilines is 2. The molecule has 6 nitrogen and oxygen atoms in total. The zero-order valence-electron chi connectivity index (χ0n) is 10.5. The van der Waals surface area contributed by atoms with Crippen molar-refractivity contribution in [3.63, 3.8) is 0 Å². The number of ether oxygens (including phenoxy) is 1. The molecule has 0 spiro atoms. The van der Waals surface area contributed by atoms with Crippen LogP contribution in [0.4, 0.5) is 11.5 Å². The predicted molar refractivity (Wildman–Crippen MR) is 69.7 cm³/mol. The number of carbonyl (C=O) groups is 1. The zero-order valence-corrected chi connectivity index (χ0v) is 10.5. The third kappa shape index (κ3) is 3.68. The maximum absolute atomic E-state index is 11.8. The third-order valence-electron chi connectivity index (χ3n) is 2.79. The van der Waals surface area contributed by atoms with Crippen LogP contribution in [0, 0.1) is 0 Å². The third-order valence-corrected chi connectivity index (χ3v) is 2.79. The number of aromatic nitrogens is 1. The number of rotatable bonds is 4. The van der Waals surface area contributed by atoms with E-state index in [-0.39, 0.29) is 5.91 Å². The first-order chi connectivity index (χ1) is 8.78. The van der Waals surface area contributed by atoms with Crippen LogP contribution in [-0.4, -0.2) is 55.7 Å². The first kappa shape index (κ1) is 12.8. The molecule has 2 N–H and O–H groups in total. The molecule has 1 aliphatic rings. The van der Waals surface area contributed by atoms with Crippen LogP contribution in [0.2, 0.25) is 0 Å². The van der Waals surface area contributed by atoms with Gasteiger partial charge in [-0.2, -0.15) is 0 Å². The van der Waals surface area contributed by atoms with Crippen molar-refractivity contribution in [2.24, 2.45) is 0 Å². The second-order valence-electron chi connectivity index (χ2n) is 4.12. The van der Waals surface area contributed by atoms with Crippen LogP contribution < -0.4 is 10.6 Å². The Hall–Kier alpha value is -1.66. The highest BCUT2D eigenvalue weighted by atomic mass is 16.5. The smallest absolute Gasteiger partial charge is 0.239 e. The van der Waals surface area contributed by atoms with Crippen LogP contribution in [0.3, 0.4) is 0 Å². The highest BCUT2D eigenvalue weighted by molar-refractivity contribution is 5.91. The molecule has 0 saturated carbocycles. The van der Waals surface area contributed by atoms with Gasteiger partial charge in [0.05, 0.1) is 31.6 Å². The average molecular weight is 250 g/mol. The summed E-state index contributed by atoms with van der Waals surface area (Å²) in [6.07, 6.45) is 1.68. The van der Waals surface area contributed by atoms with Crippen molar-refractivity contribution in [1.82, 2.24) is 9.88 Å². The Morgan fingerprint density at radius 3 is 2.83 bits per heavy atom. The lowest BCUT2D eigenvalue weighted by molar-refractivity contribution is -0.118. The molecule has 0 radical (unpaired) electrons. The highest BCUT2D eigenvalue weighted by Gasteiger charge is 2.14. The van der Waals surface area contributed by atoms with E-state index in [1.165, 1.54) is 0 Å². The Labute approximate surface area is 106 Å². The van der Waals surface area contributed by atoms with E-state index in [4.69, 9.17) is 4.74 Å². The number of carbonyl (C=O) groups excluding carboxylic acids is 1. The number of hydrogen-bond acceptors (Lipinski definition) is 5. The van der Waals surface area contributed by atoms with Crippen molar-refractivity contribution < 1.29 is 9.53 Å². The Balaban J connectivity index is 1.82. The minimum absolute atomic E-state index is 0.0402. The summed E-state index contributed by atoms with van der Waals surface area (Å²) in [7, 11) is 1.83. The maximum atomic E-state index is 11.8. The van der Waals surface area contributed by atoms with Crippen LogP contribution in [0.15, 0.2) is 18.3 Å². The van der Waals surface area contributed by atoms with Crippen LogP contribution in [0.25, 0.3) is 0 Å². The summed E-state index contributed by atoms with van der Waals surface area (Å²) in [6, 6.07) is 3.65. The lowest BCUT2D eigenvalue weighted by Crippen LogP contribution is -2.41. The SMILES string of the molecule is CNc1ccc(NC(=O)CN2CCOCC2)nc1. The molecule has 1 fully saturated rings. The van der Waals surface area contributed by atoms with Gasteiger partial charge in [-0.05, 0) is 12.1 Å². The molecule has 0 atom stereocenters. The van der Waals surface area contributed by atoms with E-state index in [1.54, 1.807) is 12.3 Å². The molecule has 1 aromatic rings. The Morgan fingerprint density at radius 1 is 1.44 bits per heavy atom. The number of nitrogens with one attached hydrogen (secondary N) is 2. The number of pyridine rings is 1. The van der Waals surface area contributed by atoms with Crippen LogP contribution >= 0.6 is 0 Å². The van der Waals surface area contributed by atoms with Gasteiger partial charge >= 0.3 is 0 Å². The van der Waals surface area contributed by atoms with Gasteiger partial charge in [-0.3, -0.25) is 9.69 Å². The molecule has 1 aromatic heterocycles. The molecule has 0 aliphatic carbocycles. The molecule has 0 aromatic carbocycles. The molecule has 1 amide bonds. The summed E-state index contributed by atoms with van der Waals surface area (Å²) in [5, 5.41) is 5.76. The van der Waals surface area contributed by atoms with Gasteiger partial charge in [0.15, 0.2) is 0 Å². The largest absolute Gasteiger partial charge is 0.387 e. The normalized spacial score (nSPS) is 16.3. The molecular formula is C12H18N4O2. The molecular weight excluding hydrogens is 232 g/mol. The molecule has 18 heavy (non-hydrogen) atoms. The zero-order chi connectivity index (χ0) is 12.8. The fourth-order valence-electron chi connectivity index (χ4n) is 1.76. The van der Waals surface area contributed by atoms with E-state index in [1.807, 2.05) is 13.1 Å². The summed E-state index contributed by atoms with van der Waals surface area (Å²) in [5.41, 5.74) is 0.918. The fraction of sp³-hybridized carbons (Fsp3) is 0.500. The lowest BCUT2D eigenvalue weighted by atomic mass is 10.4. The topological polar surface area (TPSA) is 66.5 Å². The van der Waals surface area contributed by atoms with Crippen molar-refractivity contribution >= 4 is 17.4 Å². The van der Waals surface area contributed by atoms with Gasteiger partial charge in [0.2, 0.25) is 5.91 Å². The quantitative estimate of drug-likeness (QED) is 0.809. The Morgan fingerprint density at radius 2 is 2.22 bits per heavy atom. The van der Waals surface area contributed by atoms with E-state index in [9.17, 15) is 4.79 Å². The Bertz CT molecular complexity index is 388. The maximum Gasteiger partial charge on any atom is 0.239 e. The Kier molecular flexibility index (Phi) is 4.49. The number of amides is 1. The van der Waals surface area contributed by atoms with Crippen LogP contribution in [0.1, 0.15) is 0 Å². The second-order valence-corrected chi connectivity index (χ2v) is 4.12. The van der Waals surface area contributed by atoms with Gasteiger partial charge in [0.25, 0.3) is 0 Å². The van der Waals surface area contributed by atoms with Crippen molar-refractivity contribution in [3.8, 4) is 0 Å². The minimum atomic E-state index is -0.0402. The summed E-state index contributed by atoms with van der Waals surface area (Å²) >= 11 is 0. The number of nitrogens with zero attached hydrogens (tertiary/aromatic N) is 2. The molecule has 6 heteroatoms. The lowest BCUT2D eigenvalue weighted by Gasteiger charge is -2.25. The van der Waals surface area contributed by atoms with E-state index in [2.05, 4.69) is 20.5 Å². The van der Waals surface area contributed by atoms with Gasteiger partial charge in [0, 0.05) is 20.1 Å². The van der Waals surface area contributed by atoms with E-state index >= 15 is 0 Å². The summed E-state index contributed by atoms with van der Waals surface area (Å²) < 4.78 is 5.23. The number of hydrogen-bond donors (Lipinski definition) is 2. The van der Waals surface area contributed by atoms with Gasteiger partial charge in [-0.1, -0.05) is 0 Å². The summed E-state index contributed by atoms with van der Waals surface area (Å²) in [6.45, 7) is 3.39.